The van der Waals surface area contributed by atoms with E-state index >= 15 is 0 Å². The molecular weight excluding hydrogens is 608 g/mol. The first-order valence-corrected chi connectivity index (χ1v) is 16.2. The average Bonchev–Trinajstić information content (AvgIpc) is 3.84. The van der Waals surface area contributed by atoms with Gasteiger partial charge in [-0.1, -0.05) is 50.2 Å². The Morgan fingerprint density at radius 1 is 0.917 bits per heavy atom. The van der Waals surface area contributed by atoms with Crippen molar-refractivity contribution in [2.24, 2.45) is 11.8 Å². The van der Waals surface area contributed by atoms with Gasteiger partial charge in [0.25, 0.3) is 17.4 Å². The van der Waals surface area contributed by atoms with Crippen LogP contribution in [0.3, 0.4) is 0 Å². The van der Waals surface area contributed by atoms with E-state index in [2.05, 4.69) is 22.7 Å². The average molecular weight is 649 g/mol. The van der Waals surface area contributed by atoms with Gasteiger partial charge in [-0.2, -0.15) is 10.5 Å². The fourth-order valence-electron chi connectivity index (χ4n) is 6.49. The molecule has 0 aliphatic carbocycles. The van der Waals surface area contributed by atoms with E-state index in [0.29, 0.717) is 55.6 Å². The Labute approximate surface area is 280 Å². The molecule has 3 aliphatic heterocycles. The van der Waals surface area contributed by atoms with Gasteiger partial charge in [-0.05, 0) is 48.7 Å². The summed E-state index contributed by atoms with van der Waals surface area (Å²) in [4.78, 5) is 59.2. The van der Waals surface area contributed by atoms with E-state index in [0.717, 1.165) is 18.4 Å². The minimum absolute atomic E-state index is 0.00279. The number of aromatic amines is 1. The Kier molecular flexibility index (Phi) is 10.4. The number of carbonyl (C=O) groups is 3. The van der Waals surface area contributed by atoms with Crippen molar-refractivity contribution in [1.29, 1.82) is 10.5 Å². The maximum Gasteiger partial charge on any atom is 0.261 e. The van der Waals surface area contributed by atoms with Gasteiger partial charge in [-0.25, -0.2) is 0 Å². The monoisotopic (exact) mass is 648 g/mol. The summed E-state index contributed by atoms with van der Waals surface area (Å²) < 4.78 is 0. The lowest BCUT2D eigenvalue weighted by molar-refractivity contribution is -0.121. The summed E-state index contributed by atoms with van der Waals surface area (Å²) in [6.07, 6.45) is 5.90. The standard InChI is InChI=1S/C19H18N4O2.C17H22N4O2/c20-12-22-10-14-8-9-23(17(14)11-22)19(25)15-6-7-16(21-18(15)24)13-4-2-1-3-5-13;1-12(2)17(23)20(3)15-6-4-5-13(9-15)16(22)19-14-7-8-21(10-14)11-18/h1-7,14,17H,8-11H2,(H,21,24);4-6,9,12,14H,7-8,10H2,1-3H3,(H,19,22)/t14-,17+;14-/m11/s1. The molecule has 3 amide bonds. The third-order valence-electron chi connectivity index (χ3n) is 9.16. The van der Waals surface area contributed by atoms with E-state index < -0.39 is 0 Å². The van der Waals surface area contributed by atoms with Crippen molar-refractivity contribution in [3.8, 4) is 23.6 Å². The van der Waals surface area contributed by atoms with Crippen LogP contribution in [0.15, 0.2) is 71.5 Å². The van der Waals surface area contributed by atoms with Crippen LogP contribution in [-0.2, 0) is 4.79 Å². The molecular formula is C36H40N8O4. The number of rotatable bonds is 6. The minimum atomic E-state index is -0.370. The van der Waals surface area contributed by atoms with E-state index in [1.54, 1.807) is 57.0 Å². The Morgan fingerprint density at radius 2 is 1.67 bits per heavy atom. The van der Waals surface area contributed by atoms with Crippen molar-refractivity contribution in [3.05, 3.63) is 88.2 Å². The molecule has 3 atom stereocenters. The number of nitriles is 2. The number of benzene rings is 2. The van der Waals surface area contributed by atoms with Crippen LogP contribution in [0.1, 0.15) is 47.4 Å². The van der Waals surface area contributed by atoms with Crippen LogP contribution in [0.4, 0.5) is 5.69 Å². The third-order valence-corrected chi connectivity index (χ3v) is 9.16. The maximum atomic E-state index is 12.9. The molecule has 0 bridgehead atoms. The van der Waals surface area contributed by atoms with Gasteiger partial charge in [-0.3, -0.25) is 19.2 Å². The number of carbonyl (C=O) groups excluding carboxylic acids is 3. The highest BCUT2D eigenvalue weighted by Gasteiger charge is 2.43. The second-order valence-corrected chi connectivity index (χ2v) is 12.7. The number of likely N-dealkylation sites (tertiary alicyclic amines) is 3. The van der Waals surface area contributed by atoms with E-state index in [1.165, 1.54) is 0 Å². The SMILES string of the molecule is CC(C)C(=O)N(C)c1cccc(C(=O)N[C@@H]2CCN(C#N)C2)c1.N#CN1C[C@H]2CCN(C(=O)c3ccc(-c4ccccc4)[nH]c3=O)[C@H]2C1. The zero-order chi connectivity index (χ0) is 34.4. The number of nitrogens with one attached hydrogen (secondary N) is 2. The van der Waals surface area contributed by atoms with Crippen LogP contribution in [0, 0.1) is 34.7 Å². The van der Waals surface area contributed by atoms with Crippen LogP contribution in [0.5, 0.6) is 0 Å². The minimum Gasteiger partial charge on any atom is -0.347 e. The van der Waals surface area contributed by atoms with Crippen molar-refractivity contribution in [1.82, 2.24) is 25.0 Å². The lowest BCUT2D eigenvalue weighted by Crippen LogP contribution is -2.41. The second-order valence-electron chi connectivity index (χ2n) is 12.7. The summed E-state index contributed by atoms with van der Waals surface area (Å²) in [7, 11) is 1.71. The predicted octanol–water partition coefficient (Wildman–Crippen LogP) is 3.26. The summed E-state index contributed by atoms with van der Waals surface area (Å²) in [6, 6.07) is 19.9. The molecule has 0 radical (unpaired) electrons. The molecule has 3 saturated heterocycles. The lowest BCUT2D eigenvalue weighted by atomic mass is 10.0. The first kappa shape index (κ1) is 33.7. The largest absolute Gasteiger partial charge is 0.347 e. The third kappa shape index (κ3) is 7.50. The second kappa shape index (κ2) is 14.9. The van der Waals surface area contributed by atoms with Gasteiger partial charge >= 0.3 is 0 Å². The first-order valence-electron chi connectivity index (χ1n) is 16.2. The summed E-state index contributed by atoms with van der Waals surface area (Å²) in [5.74, 6) is -0.197. The number of H-pyrrole nitrogens is 1. The molecule has 12 nitrogen and oxygen atoms in total. The van der Waals surface area contributed by atoms with Crippen molar-refractivity contribution in [3.63, 3.8) is 0 Å². The van der Waals surface area contributed by atoms with Crippen LogP contribution in [0.2, 0.25) is 0 Å². The topological polar surface area (TPSA) is 157 Å². The predicted molar refractivity (Wildman–Crippen MR) is 180 cm³/mol. The normalized spacial score (nSPS) is 19.5. The molecule has 3 aromatic rings. The number of nitrogens with zero attached hydrogens (tertiary/aromatic N) is 6. The molecule has 1 aromatic heterocycles. The first-order chi connectivity index (χ1) is 23.1. The highest BCUT2D eigenvalue weighted by molar-refractivity contribution is 5.98. The number of anilines is 1. The van der Waals surface area contributed by atoms with Crippen LogP contribution >= 0.6 is 0 Å². The smallest absolute Gasteiger partial charge is 0.261 e. The molecule has 3 aliphatic rings. The number of fused-ring (bicyclic) bond motifs is 1. The van der Waals surface area contributed by atoms with Gasteiger partial charge < -0.3 is 29.9 Å². The number of amides is 3. The maximum absolute atomic E-state index is 12.9. The molecule has 12 heteroatoms. The van der Waals surface area contributed by atoms with Crippen LogP contribution < -0.4 is 15.8 Å². The van der Waals surface area contributed by atoms with E-state index in [9.17, 15) is 19.2 Å². The number of hydrogen-bond donors (Lipinski definition) is 2. The molecule has 48 heavy (non-hydrogen) atoms. The van der Waals surface area contributed by atoms with E-state index in [-0.39, 0.29) is 46.8 Å². The van der Waals surface area contributed by atoms with Gasteiger partial charge in [0.1, 0.15) is 5.56 Å². The van der Waals surface area contributed by atoms with Gasteiger partial charge in [0.2, 0.25) is 5.91 Å². The summed E-state index contributed by atoms with van der Waals surface area (Å²) >= 11 is 0. The van der Waals surface area contributed by atoms with Crippen LogP contribution in [-0.4, -0.2) is 89.3 Å². The van der Waals surface area contributed by atoms with E-state index in [1.807, 2.05) is 50.2 Å². The Bertz CT molecular complexity index is 1790. The Morgan fingerprint density at radius 3 is 2.33 bits per heavy atom. The van der Waals surface area contributed by atoms with Crippen molar-refractivity contribution in [2.75, 3.05) is 44.7 Å². The van der Waals surface area contributed by atoms with Crippen molar-refractivity contribution in [2.45, 2.75) is 38.8 Å². The zero-order valence-corrected chi connectivity index (χ0v) is 27.4. The van der Waals surface area contributed by atoms with Crippen molar-refractivity contribution >= 4 is 23.4 Å². The molecule has 2 N–H and O–H groups in total. The van der Waals surface area contributed by atoms with Gasteiger partial charge in [0.15, 0.2) is 12.4 Å². The molecule has 0 saturated carbocycles. The zero-order valence-electron chi connectivity index (χ0n) is 27.4. The van der Waals surface area contributed by atoms with E-state index in [4.69, 9.17) is 10.5 Å². The molecule has 2 aromatic carbocycles. The number of aromatic nitrogens is 1. The Balaban J connectivity index is 0.000000189. The van der Waals surface area contributed by atoms with Crippen LogP contribution in [0.25, 0.3) is 11.3 Å². The quantitative estimate of drug-likeness (QED) is 0.386. The molecule has 0 spiro atoms. The highest BCUT2D eigenvalue weighted by atomic mass is 16.2. The Hall–Kier alpha value is -5.62. The summed E-state index contributed by atoms with van der Waals surface area (Å²) in [6.45, 7) is 6.82. The fourth-order valence-corrected chi connectivity index (χ4v) is 6.49. The molecule has 6 rings (SSSR count). The van der Waals surface area contributed by atoms with Gasteiger partial charge in [0, 0.05) is 74.6 Å². The molecule has 0 unspecified atom stereocenters. The molecule has 248 valence electrons. The summed E-state index contributed by atoms with van der Waals surface area (Å²) in [5, 5.41) is 20.9. The number of hydrogen-bond acceptors (Lipinski definition) is 8. The van der Waals surface area contributed by atoms with Gasteiger partial charge in [-0.15, -0.1) is 0 Å². The molecule has 3 fully saturated rings. The lowest BCUT2D eigenvalue weighted by Gasteiger charge is -2.23. The summed E-state index contributed by atoms with van der Waals surface area (Å²) in [5.41, 5.74) is 2.60. The molecule has 4 heterocycles. The fraction of sp³-hybridized carbons (Fsp3) is 0.389. The highest BCUT2D eigenvalue weighted by Crippen LogP contribution is 2.32. The van der Waals surface area contributed by atoms with Gasteiger partial charge in [0.05, 0.1) is 6.04 Å². The van der Waals surface area contributed by atoms with Crippen molar-refractivity contribution < 1.29 is 14.4 Å². The number of pyridine rings is 1.